The fraction of sp³-hybridized carbons (Fsp3) is 0. The average molecular weight is 290 g/mol. The number of aromatic nitrogens is 3. The number of rotatable bonds is 2. The van der Waals surface area contributed by atoms with E-state index in [2.05, 4.69) is 10.2 Å². The van der Waals surface area contributed by atoms with E-state index in [0.717, 1.165) is 11.3 Å². The Morgan fingerprint density at radius 2 is 1.74 bits per heavy atom. The Kier molecular flexibility index (Phi) is 3.23. The van der Waals surface area contributed by atoms with Crippen molar-refractivity contribution in [3.63, 3.8) is 0 Å². The van der Waals surface area contributed by atoms with Crippen LogP contribution in [0.3, 0.4) is 0 Å². The predicted octanol–water partition coefficient (Wildman–Crippen LogP) is 4.24. The first-order valence-electron chi connectivity index (χ1n) is 5.66. The predicted molar refractivity (Wildman–Crippen MR) is 76.8 cm³/mol. The van der Waals surface area contributed by atoms with E-state index in [1.54, 1.807) is 24.5 Å². The Labute approximate surface area is 120 Å². The molecule has 0 radical (unpaired) electrons. The van der Waals surface area contributed by atoms with E-state index in [0.29, 0.717) is 15.9 Å². The molecular formula is C14H9Cl2N3. The van der Waals surface area contributed by atoms with Gasteiger partial charge < -0.3 is 0 Å². The highest BCUT2D eigenvalue weighted by atomic mass is 35.5. The number of nitrogens with zero attached hydrogens (tertiary/aromatic N) is 3. The molecule has 1 heterocycles. The molecule has 0 spiro atoms. The maximum Gasteiger partial charge on any atom is 0.169 e. The quantitative estimate of drug-likeness (QED) is 0.706. The van der Waals surface area contributed by atoms with Crippen molar-refractivity contribution in [2.24, 2.45) is 0 Å². The third-order valence-electron chi connectivity index (χ3n) is 2.75. The van der Waals surface area contributed by atoms with Crippen LogP contribution >= 0.6 is 23.2 Å². The molecule has 5 heteroatoms. The summed E-state index contributed by atoms with van der Waals surface area (Å²) in [6.07, 6.45) is 1.65. The number of para-hydroxylation sites is 1. The SMILES string of the molecule is Clc1ccc(Cl)c(-c2nncn2-c2ccccc2)c1. The maximum atomic E-state index is 6.21. The summed E-state index contributed by atoms with van der Waals surface area (Å²) in [5, 5.41) is 9.30. The van der Waals surface area contributed by atoms with Crippen molar-refractivity contribution in [3.05, 3.63) is 64.9 Å². The molecule has 1 aromatic heterocycles. The van der Waals surface area contributed by atoms with E-state index in [4.69, 9.17) is 23.2 Å². The zero-order valence-electron chi connectivity index (χ0n) is 9.79. The van der Waals surface area contributed by atoms with Crippen molar-refractivity contribution >= 4 is 23.2 Å². The minimum Gasteiger partial charge on any atom is -0.282 e. The van der Waals surface area contributed by atoms with Gasteiger partial charge in [-0.15, -0.1) is 10.2 Å². The Morgan fingerprint density at radius 1 is 0.947 bits per heavy atom. The van der Waals surface area contributed by atoms with Crippen molar-refractivity contribution in [2.45, 2.75) is 0 Å². The number of benzene rings is 2. The molecule has 3 aromatic rings. The summed E-state index contributed by atoms with van der Waals surface area (Å²) in [6, 6.07) is 15.1. The monoisotopic (exact) mass is 289 g/mol. The fourth-order valence-corrected chi connectivity index (χ4v) is 2.24. The summed E-state index contributed by atoms with van der Waals surface area (Å²) in [4.78, 5) is 0. The molecule has 2 aromatic carbocycles. The number of hydrogen-bond acceptors (Lipinski definition) is 2. The molecule has 0 saturated heterocycles. The molecule has 0 saturated carbocycles. The van der Waals surface area contributed by atoms with Crippen LogP contribution in [0.1, 0.15) is 0 Å². The molecule has 0 N–H and O–H groups in total. The van der Waals surface area contributed by atoms with Gasteiger partial charge in [-0.3, -0.25) is 4.57 Å². The van der Waals surface area contributed by atoms with Gasteiger partial charge in [-0.25, -0.2) is 0 Å². The zero-order valence-corrected chi connectivity index (χ0v) is 11.3. The van der Waals surface area contributed by atoms with Crippen LogP contribution in [0.4, 0.5) is 0 Å². The van der Waals surface area contributed by atoms with Crippen LogP contribution in [-0.2, 0) is 0 Å². The summed E-state index contributed by atoms with van der Waals surface area (Å²) in [5.41, 5.74) is 1.73. The molecule has 3 nitrogen and oxygen atoms in total. The van der Waals surface area contributed by atoms with Crippen LogP contribution in [0.25, 0.3) is 17.1 Å². The molecule has 0 aliphatic carbocycles. The molecule has 0 bridgehead atoms. The van der Waals surface area contributed by atoms with Crippen molar-refractivity contribution in [3.8, 4) is 17.1 Å². The summed E-state index contributed by atoms with van der Waals surface area (Å²) in [5.74, 6) is 0.665. The molecule has 0 aliphatic rings. The highest BCUT2D eigenvalue weighted by Gasteiger charge is 2.12. The minimum absolute atomic E-state index is 0.592. The topological polar surface area (TPSA) is 30.7 Å². The van der Waals surface area contributed by atoms with Crippen LogP contribution < -0.4 is 0 Å². The standard InChI is InChI=1S/C14H9Cl2N3/c15-10-6-7-13(16)12(8-10)14-18-17-9-19(14)11-4-2-1-3-5-11/h1-9H. The highest BCUT2D eigenvalue weighted by Crippen LogP contribution is 2.30. The van der Waals surface area contributed by atoms with Crippen LogP contribution in [0.15, 0.2) is 54.9 Å². The Balaban J connectivity index is 2.18. The van der Waals surface area contributed by atoms with E-state index in [9.17, 15) is 0 Å². The molecule has 0 aliphatic heterocycles. The molecule has 0 atom stereocenters. The Bertz CT molecular complexity index is 708. The third kappa shape index (κ3) is 2.35. The summed E-state index contributed by atoms with van der Waals surface area (Å²) in [7, 11) is 0. The van der Waals surface area contributed by atoms with Gasteiger partial charge in [-0.05, 0) is 30.3 Å². The third-order valence-corrected chi connectivity index (χ3v) is 3.32. The first-order chi connectivity index (χ1) is 9.25. The second kappa shape index (κ2) is 5.03. The van der Waals surface area contributed by atoms with Crippen molar-refractivity contribution < 1.29 is 0 Å². The number of halogens is 2. The first kappa shape index (κ1) is 12.2. The fourth-order valence-electron chi connectivity index (χ4n) is 1.87. The molecule has 0 fully saturated rings. The van der Waals surface area contributed by atoms with Crippen molar-refractivity contribution in [2.75, 3.05) is 0 Å². The second-order valence-electron chi connectivity index (χ2n) is 3.98. The molecule has 19 heavy (non-hydrogen) atoms. The normalized spacial score (nSPS) is 10.6. The lowest BCUT2D eigenvalue weighted by atomic mass is 10.2. The molecule has 0 unspecified atom stereocenters. The highest BCUT2D eigenvalue weighted by molar-refractivity contribution is 6.35. The molecule has 3 rings (SSSR count). The van der Waals surface area contributed by atoms with Crippen molar-refractivity contribution in [1.29, 1.82) is 0 Å². The summed E-state index contributed by atoms with van der Waals surface area (Å²) >= 11 is 12.2. The van der Waals surface area contributed by atoms with Gasteiger partial charge in [0.25, 0.3) is 0 Å². The van der Waals surface area contributed by atoms with E-state index in [1.807, 2.05) is 34.9 Å². The lowest BCUT2D eigenvalue weighted by molar-refractivity contribution is 1.06. The Morgan fingerprint density at radius 3 is 2.53 bits per heavy atom. The van der Waals surface area contributed by atoms with Gasteiger partial charge in [0.15, 0.2) is 5.82 Å². The van der Waals surface area contributed by atoms with Crippen LogP contribution in [0.2, 0.25) is 10.0 Å². The second-order valence-corrected chi connectivity index (χ2v) is 4.83. The van der Waals surface area contributed by atoms with Gasteiger partial charge in [0.2, 0.25) is 0 Å². The molecule has 94 valence electrons. The number of hydrogen-bond donors (Lipinski definition) is 0. The summed E-state index contributed by atoms with van der Waals surface area (Å²) in [6.45, 7) is 0. The molecular weight excluding hydrogens is 281 g/mol. The van der Waals surface area contributed by atoms with Gasteiger partial charge in [0.1, 0.15) is 6.33 Å². The van der Waals surface area contributed by atoms with Crippen LogP contribution in [-0.4, -0.2) is 14.8 Å². The van der Waals surface area contributed by atoms with Crippen LogP contribution in [0, 0.1) is 0 Å². The van der Waals surface area contributed by atoms with Gasteiger partial charge in [0, 0.05) is 16.3 Å². The zero-order chi connectivity index (χ0) is 13.2. The maximum absolute atomic E-state index is 6.21. The average Bonchev–Trinajstić information content (AvgIpc) is 2.91. The van der Waals surface area contributed by atoms with Gasteiger partial charge in [-0.1, -0.05) is 41.4 Å². The first-order valence-corrected chi connectivity index (χ1v) is 6.42. The molecule has 0 amide bonds. The minimum atomic E-state index is 0.592. The van der Waals surface area contributed by atoms with E-state index in [1.165, 1.54) is 0 Å². The van der Waals surface area contributed by atoms with Gasteiger partial charge in [-0.2, -0.15) is 0 Å². The van der Waals surface area contributed by atoms with Crippen LogP contribution in [0.5, 0.6) is 0 Å². The van der Waals surface area contributed by atoms with E-state index in [-0.39, 0.29) is 0 Å². The lowest BCUT2D eigenvalue weighted by Crippen LogP contribution is -1.96. The summed E-state index contributed by atoms with van der Waals surface area (Å²) < 4.78 is 1.87. The van der Waals surface area contributed by atoms with Gasteiger partial charge in [0.05, 0.1) is 5.02 Å². The lowest BCUT2D eigenvalue weighted by Gasteiger charge is -2.08. The van der Waals surface area contributed by atoms with E-state index >= 15 is 0 Å². The van der Waals surface area contributed by atoms with E-state index < -0.39 is 0 Å². The van der Waals surface area contributed by atoms with Gasteiger partial charge >= 0.3 is 0 Å². The Hall–Kier alpha value is -1.84. The smallest absolute Gasteiger partial charge is 0.169 e. The largest absolute Gasteiger partial charge is 0.282 e. The van der Waals surface area contributed by atoms with Crippen molar-refractivity contribution in [1.82, 2.24) is 14.8 Å².